The Kier molecular flexibility index (Phi) is 6.16. The van der Waals surface area contributed by atoms with E-state index in [1.807, 2.05) is 4.68 Å². The number of halogens is 2. The second kappa shape index (κ2) is 9.21. The van der Waals surface area contributed by atoms with Gasteiger partial charge in [-0.1, -0.05) is 40.5 Å². The fourth-order valence-electron chi connectivity index (χ4n) is 6.04. The highest BCUT2D eigenvalue weighted by molar-refractivity contribution is 6.39. The van der Waals surface area contributed by atoms with Crippen molar-refractivity contribution in [2.24, 2.45) is 17.3 Å². The van der Waals surface area contributed by atoms with Crippen LogP contribution in [0.2, 0.25) is 10.0 Å². The molecule has 0 saturated heterocycles. The minimum atomic E-state index is 0.348. The minimum absolute atomic E-state index is 0.348. The molecule has 6 nitrogen and oxygen atoms in total. The van der Waals surface area contributed by atoms with E-state index in [0.29, 0.717) is 44.8 Å². The molecular formula is C28H32Cl2N4O2. The van der Waals surface area contributed by atoms with E-state index in [-0.39, 0.29) is 0 Å². The molecule has 1 spiro atoms. The first-order valence-corrected chi connectivity index (χ1v) is 13.7. The van der Waals surface area contributed by atoms with Crippen LogP contribution in [0.3, 0.4) is 0 Å². The maximum absolute atomic E-state index is 6.44. The number of aromatic nitrogens is 4. The summed E-state index contributed by atoms with van der Waals surface area (Å²) in [4.78, 5) is 4.08. The molecule has 0 amide bonds. The average Bonchev–Trinajstić information content (AvgIpc) is 3.44. The fraction of sp³-hybridized carbons (Fsp3) is 0.536. The Bertz CT molecular complexity index is 1270. The molecule has 3 aromatic heterocycles. The van der Waals surface area contributed by atoms with Gasteiger partial charge in [0.25, 0.3) is 0 Å². The van der Waals surface area contributed by atoms with E-state index in [9.17, 15) is 0 Å². The van der Waals surface area contributed by atoms with Crippen LogP contribution in [0.1, 0.15) is 81.2 Å². The molecule has 8 heteroatoms. The van der Waals surface area contributed by atoms with E-state index in [2.05, 4.69) is 54.4 Å². The quantitative estimate of drug-likeness (QED) is 0.298. The zero-order valence-corrected chi connectivity index (χ0v) is 22.5. The molecule has 0 N–H and O–H groups in total. The predicted molar refractivity (Wildman–Crippen MR) is 141 cm³/mol. The van der Waals surface area contributed by atoms with Gasteiger partial charge in [0.05, 0.1) is 16.7 Å². The SMILES string of the molecule is Cc1cn(C(C)C)nc1OCC1CC2(CC(/C=C/c3c(-c4c(Cl)cncc4Cl)noc3C3CC3)C2)C1. The van der Waals surface area contributed by atoms with E-state index < -0.39 is 0 Å². The largest absolute Gasteiger partial charge is 0.476 e. The molecule has 6 rings (SSSR count). The molecule has 3 saturated carbocycles. The molecule has 0 bridgehead atoms. The topological polar surface area (TPSA) is 66.0 Å². The molecule has 0 radical (unpaired) electrons. The molecule has 3 aromatic rings. The van der Waals surface area contributed by atoms with Gasteiger partial charge in [0.2, 0.25) is 5.88 Å². The van der Waals surface area contributed by atoms with Gasteiger partial charge in [-0.25, -0.2) is 0 Å². The molecule has 190 valence electrons. The van der Waals surface area contributed by atoms with E-state index in [1.54, 1.807) is 12.4 Å². The van der Waals surface area contributed by atoms with Crippen LogP contribution in [0.5, 0.6) is 5.88 Å². The van der Waals surface area contributed by atoms with Crippen molar-refractivity contribution in [3.63, 3.8) is 0 Å². The Morgan fingerprint density at radius 2 is 1.89 bits per heavy atom. The van der Waals surface area contributed by atoms with Crippen molar-refractivity contribution in [3.8, 4) is 17.1 Å². The van der Waals surface area contributed by atoms with Gasteiger partial charge in [0.1, 0.15) is 11.5 Å². The van der Waals surface area contributed by atoms with Gasteiger partial charge in [-0.05, 0) is 76.5 Å². The van der Waals surface area contributed by atoms with Gasteiger partial charge in [-0.2, -0.15) is 0 Å². The lowest BCUT2D eigenvalue weighted by Crippen LogP contribution is -2.48. The van der Waals surface area contributed by atoms with Crippen molar-refractivity contribution < 1.29 is 9.26 Å². The second-order valence-corrected chi connectivity index (χ2v) is 12.2. The zero-order valence-electron chi connectivity index (χ0n) is 21.0. The molecule has 3 heterocycles. The van der Waals surface area contributed by atoms with Gasteiger partial charge in [-0.3, -0.25) is 9.67 Å². The summed E-state index contributed by atoms with van der Waals surface area (Å²) < 4.78 is 13.8. The van der Waals surface area contributed by atoms with Crippen LogP contribution < -0.4 is 4.74 Å². The van der Waals surface area contributed by atoms with Crippen molar-refractivity contribution >= 4 is 29.3 Å². The summed E-state index contributed by atoms with van der Waals surface area (Å²) in [5, 5.41) is 9.94. The highest BCUT2D eigenvalue weighted by Crippen LogP contribution is 2.61. The van der Waals surface area contributed by atoms with Gasteiger partial charge in [-0.15, -0.1) is 5.10 Å². The normalized spacial score (nSPS) is 25.5. The third-order valence-electron chi connectivity index (χ3n) is 8.02. The van der Waals surface area contributed by atoms with Crippen molar-refractivity contribution in [2.75, 3.05) is 6.61 Å². The number of pyridine rings is 1. The molecule has 3 fully saturated rings. The van der Waals surface area contributed by atoms with Crippen LogP contribution in [0.4, 0.5) is 0 Å². The first-order valence-electron chi connectivity index (χ1n) is 13.0. The lowest BCUT2D eigenvalue weighted by atomic mass is 9.48. The standard InChI is InChI=1S/C28H32Cl2N4O2/c1-16(2)34-14-17(3)27(32-34)35-15-19-10-28(11-19)8-18(9-28)4-7-21-25(33-36-26(21)20-5-6-20)24-22(29)12-31-13-23(24)30/h4,7,12-14,16,18-20H,5-6,8-11,15H2,1-3H3/b7-4+. The van der Waals surface area contributed by atoms with Crippen molar-refractivity contribution in [3.05, 3.63) is 51.6 Å². The van der Waals surface area contributed by atoms with Gasteiger partial charge in [0, 0.05) is 47.2 Å². The Labute approximate surface area is 222 Å². The van der Waals surface area contributed by atoms with Crippen LogP contribution in [-0.4, -0.2) is 26.5 Å². The first kappa shape index (κ1) is 24.1. The smallest absolute Gasteiger partial charge is 0.235 e. The Hall–Kier alpha value is -2.31. The number of ether oxygens (including phenoxy) is 1. The van der Waals surface area contributed by atoms with E-state index in [4.69, 9.17) is 32.5 Å². The number of nitrogens with zero attached hydrogens (tertiary/aromatic N) is 4. The molecule has 36 heavy (non-hydrogen) atoms. The van der Waals surface area contributed by atoms with E-state index in [0.717, 1.165) is 47.9 Å². The van der Waals surface area contributed by atoms with Gasteiger partial charge < -0.3 is 9.26 Å². The van der Waals surface area contributed by atoms with Crippen LogP contribution >= 0.6 is 23.2 Å². The fourth-order valence-corrected chi connectivity index (χ4v) is 6.58. The summed E-state index contributed by atoms with van der Waals surface area (Å²) in [6.07, 6.45) is 17.0. The summed E-state index contributed by atoms with van der Waals surface area (Å²) in [6.45, 7) is 7.10. The predicted octanol–water partition coefficient (Wildman–Crippen LogP) is 7.91. The number of aryl methyl sites for hydroxylation is 1. The van der Waals surface area contributed by atoms with E-state index in [1.165, 1.54) is 25.7 Å². The lowest BCUT2D eigenvalue weighted by molar-refractivity contribution is -0.0662. The van der Waals surface area contributed by atoms with Crippen LogP contribution in [0.25, 0.3) is 17.3 Å². The van der Waals surface area contributed by atoms with Gasteiger partial charge in [0.15, 0.2) is 0 Å². The summed E-state index contributed by atoms with van der Waals surface area (Å²) in [5.41, 5.74) is 4.04. The molecule has 3 aliphatic carbocycles. The maximum Gasteiger partial charge on any atom is 0.235 e. The zero-order chi connectivity index (χ0) is 25.0. The summed E-state index contributed by atoms with van der Waals surface area (Å²) >= 11 is 12.9. The number of allylic oxidation sites excluding steroid dienone is 1. The molecule has 3 aliphatic rings. The Morgan fingerprint density at radius 1 is 1.17 bits per heavy atom. The van der Waals surface area contributed by atoms with Crippen LogP contribution in [0, 0.1) is 24.2 Å². The van der Waals surface area contributed by atoms with Crippen LogP contribution in [-0.2, 0) is 0 Å². The average molecular weight is 527 g/mol. The van der Waals surface area contributed by atoms with Crippen molar-refractivity contribution in [1.82, 2.24) is 19.9 Å². The molecule has 0 atom stereocenters. The van der Waals surface area contributed by atoms with E-state index >= 15 is 0 Å². The first-order chi connectivity index (χ1) is 17.3. The number of rotatable bonds is 8. The third-order valence-corrected chi connectivity index (χ3v) is 8.59. The minimum Gasteiger partial charge on any atom is -0.476 e. The molecule has 0 unspecified atom stereocenters. The van der Waals surface area contributed by atoms with Crippen molar-refractivity contribution in [2.45, 2.75) is 71.3 Å². The highest BCUT2D eigenvalue weighted by atomic mass is 35.5. The summed E-state index contributed by atoms with van der Waals surface area (Å²) in [6, 6.07) is 0.348. The third kappa shape index (κ3) is 4.47. The van der Waals surface area contributed by atoms with Gasteiger partial charge >= 0.3 is 0 Å². The molecule has 0 aromatic carbocycles. The number of hydrogen-bond donors (Lipinski definition) is 0. The van der Waals surface area contributed by atoms with Crippen LogP contribution in [0.15, 0.2) is 29.2 Å². The van der Waals surface area contributed by atoms with Crippen molar-refractivity contribution in [1.29, 1.82) is 0 Å². The maximum atomic E-state index is 6.44. The Morgan fingerprint density at radius 3 is 2.53 bits per heavy atom. The monoisotopic (exact) mass is 526 g/mol. The highest BCUT2D eigenvalue weighted by Gasteiger charge is 2.52. The molecule has 0 aliphatic heterocycles. The summed E-state index contributed by atoms with van der Waals surface area (Å²) in [7, 11) is 0. The lowest BCUT2D eigenvalue weighted by Gasteiger charge is -2.57. The second-order valence-electron chi connectivity index (χ2n) is 11.4. The number of hydrogen-bond acceptors (Lipinski definition) is 5. The summed E-state index contributed by atoms with van der Waals surface area (Å²) in [5.74, 6) is 3.38. The molecular weight excluding hydrogens is 495 g/mol. The Balaban J connectivity index is 1.07.